The number of piperazine rings is 1. The van der Waals surface area contributed by atoms with Crippen LogP contribution in [-0.4, -0.2) is 101 Å². The standard InChI is InChI=1S/C19H30N4O4/c1-25-16-3-4-17(18(15-16)26-2)20-19(24)23-9-7-21(8-10-23)5-6-22-11-13-27-14-12-22/h3-4,15H,5-14H2,1-2H3,(H,20,24). The van der Waals surface area contributed by atoms with Crippen LogP contribution >= 0.6 is 0 Å². The zero-order valence-corrected chi connectivity index (χ0v) is 16.3. The quantitative estimate of drug-likeness (QED) is 0.802. The van der Waals surface area contributed by atoms with Gasteiger partial charge in [0.15, 0.2) is 0 Å². The molecule has 0 aliphatic carbocycles. The van der Waals surface area contributed by atoms with E-state index in [1.165, 1.54) is 0 Å². The maximum atomic E-state index is 12.6. The van der Waals surface area contributed by atoms with Gasteiger partial charge in [0, 0.05) is 58.4 Å². The van der Waals surface area contributed by atoms with Gasteiger partial charge in [-0.2, -0.15) is 0 Å². The average molecular weight is 378 g/mol. The molecule has 2 amide bonds. The van der Waals surface area contributed by atoms with Gasteiger partial charge in [-0.15, -0.1) is 0 Å². The highest BCUT2D eigenvalue weighted by atomic mass is 16.5. The number of nitrogens with one attached hydrogen (secondary N) is 1. The van der Waals surface area contributed by atoms with Gasteiger partial charge in [-0.05, 0) is 12.1 Å². The highest BCUT2D eigenvalue weighted by molar-refractivity contribution is 5.91. The number of hydrogen-bond donors (Lipinski definition) is 1. The van der Waals surface area contributed by atoms with E-state index in [-0.39, 0.29) is 6.03 Å². The highest BCUT2D eigenvalue weighted by Crippen LogP contribution is 2.29. The Morgan fingerprint density at radius 1 is 1.00 bits per heavy atom. The molecule has 3 rings (SSSR count). The summed E-state index contributed by atoms with van der Waals surface area (Å²) in [4.78, 5) is 19.3. The Bertz CT molecular complexity index is 614. The molecule has 1 N–H and O–H groups in total. The summed E-state index contributed by atoms with van der Waals surface area (Å²) in [6.07, 6.45) is 0. The minimum atomic E-state index is -0.0914. The number of amides is 2. The smallest absolute Gasteiger partial charge is 0.322 e. The minimum Gasteiger partial charge on any atom is -0.497 e. The van der Waals surface area contributed by atoms with Gasteiger partial charge in [0.25, 0.3) is 0 Å². The van der Waals surface area contributed by atoms with Gasteiger partial charge in [0.05, 0.1) is 33.1 Å². The Labute approximate surface area is 160 Å². The highest BCUT2D eigenvalue weighted by Gasteiger charge is 2.22. The Hall–Kier alpha value is -2.03. The fourth-order valence-electron chi connectivity index (χ4n) is 3.38. The number of anilines is 1. The topological polar surface area (TPSA) is 66.5 Å². The Morgan fingerprint density at radius 3 is 2.30 bits per heavy atom. The minimum absolute atomic E-state index is 0.0914. The molecule has 0 radical (unpaired) electrons. The van der Waals surface area contributed by atoms with Crippen molar-refractivity contribution in [2.24, 2.45) is 0 Å². The van der Waals surface area contributed by atoms with Crippen LogP contribution < -0.4 is 14.8 Å². The Morgan fingerprint density at radius 2 is 1.67 bits per heavy atom. The fraction of sp³-hybridized carbons (Fsp3) is 0.632. The third-order valence-corrected chi connectivity index (χ3v) is 5.15. The van der Waals surface area contributed by atoms with Crippen LogP contribution in [0.1, 0.15) is 0 Å². The van der Waals surface area contributed by atoms with E-state index in [4.69, 9.17) is 14.2 Å². The number of morpholine rings is 1. The molecule has 2 saturated heterocycles. The van der Waals surface area contributed by atoms with Crippen molar-refractivity contribution in [3.63, 3.8) is 0 Å². The first-order valence-corrected chi connectivity index (χ1v) is 9.50. The molecular formula is C19H30N4O4. The molecule has 2 fully saturated rings. The predicted octanol–water partition coefficient (Wildman–Crippen LogP) is 1.19. The molecule has 27 heavy (non-hydrogen) atoms. The van der Waals surface area contributed by atoms with Crippen LogP contribution in [0, 0.1) is 0 Å². The van der Waals surface area contributed by atoms with Gasteiger partial charge in [0.2, 0.25) is 0 Å². The van der Waals surface area contributed by atoms with Crippen LogP contribution in [0.2, 0.25) is 0 Å². The summed E-state index contributed by atoms with van der Waals surface area (Å²) in [7, 11) is 3.18. The van der Waals surface area contributed by atoms with Gasteiger partial charge in [0.1, 0.15) is 11.5 Å². The molecule has 0 aromatic heterocycles. The number of carbonyl (C=O) groups is 1. The predicted molar refractivity (Wildman–Crippen MR) is 104 cm³/mol. The molecular weight excluding hydrogens is 348 g/mol. The molecule has 8 nitrogen and oxygen atoms in total. The molecule has 1 aromatic rings. The third-order valence-electron chi connectivity index (χ3n) is 5.15. The Kier molecular flexibility index (Phi) is 7.14. The molecule has 0 unspecified atom stereocenters. The maximum absolute atomic E-state index is 12.6. The van der Waals surface area contributed by atoms with Crippen molar-refractivity contribution in [2.75, 3.05) is 85.1 Å². The lowest BCUT2D eigenvalue weighted by atomic mass is 10.2. The SMILES string of the molecule is COc1ccc(NC(=O)N2CCN(CCN3CCOCC3)CC2)c(OC)c1. The second-order valence-electron chi connectivity index (χ2n) is 6.78. The summed E-state index contributed by atoms with van der Waals surface area (Å²) in [5.41, 5.74) is 0.651. The molecule has 2 aliphatic heterocycles. The maximum Gasteiger partial charge on any atom is 0.322 e. The van der Waals surface area contributed by atoms with Crippen LogP contribution in [-0.2, 0) is 4.74 Å². The number of ether oxygens (including phenoxy) is 3. The summed E-state index contributed by atoms with van der Waals surface area (Å²) in [6.45, 7) is 9.08. The van der Waals surface area contributed by atoms with E-state index in [1.807, 2.05) is 11.0 Å². The zero-order chi connectivity index (χ0) is 19.1. The first-order valence-electron chi connectivity index (χ1n) is 9.50. The summed E-state index contributed by atoms with van der Waals surface area (Å²) >= 11 is 0. The van der Waals surface area contributed by atoms with Crippen molar-refractivity contribution in [1.29, 1.82) is 0 Å². The number of carbonyl (C=O) groups excluding carboxylic acids is 1. The van der Waals surface area contributed by atoms with Crippen LogP contribution in [0.5, 0.6) is 11.5 Å². The number of hydrogen-bond acceptors (Lipinski definition) is 6. The molecule has 8 heteroatoms. The van der Waals surface area contributed by atoms with Crippen molar-refractivity contribution in [1.82, 2.24) is 14.7 Å². The van der Waals surface area contributed by atoms with Gasteiger partial charge >= 0.3 is 6.03 Å². The second-order valence-corrected chi connectivity index (χ2v) is 6.78. The Balaban J connectivity index is 1.44. The lowest BCUT2D eigenvalue weighted by Crippen LogP contribution is -2.51. The summed E-state index contributed by atoms with van der Waals surface area (Å²) < 4.78 is 15.9. The fourth-order valence-corrected chi connectivity index (χ4v) is 3.38. The van der Waals surface area contributed by atoms with Crippen molar-refractivity contribution < 1.29 is 19.0 Å². The number of nitrogens with zero attached hydrogens (tertiary/aromatic N) is 3. The van der Waals surface area contributed by atoms with E-state index in [2.05, 4.69) is 15.1 Å². The largest absolute Gasteiger partial charge is 0.497 e. The van der Waals surface area contributed by atoms with E-state index < -0.39 is 0 Å². The lowest BCUT2D eigenvalue weighted by Gasteiger charge is -2.36. The first kappa shape index (κ1) is 19.7. The normalized spacial score (nSPS) is 19.0. The van der Waals surface area contributed by atoms with Gasteiger partial charge in [-0.3, -0.25) is 9.80 Å². The van der Waals surface area contributed by atoms with Crippen LogP contribution in [0.4, 0.5) is 10.5 Å². The second kappa shape index (κ2) is 9.77. The monoisotopic (exact) mass is 378 g/mol. The molecule has 0 saturated carbocycles. The van der Waals surface area contributed by atoms with E-state index in [1.54, 1.807) is 26.4 Å². The summed E-state index contributed by atoms with van der Waals surface area (Å²) in [5, 5.41) is 2.95. The van der Waals surface area contributed by atoms with E-state index >= 15 is 0 Å². The molecule has 150 valence electrons. The molecule has 1 aromatic carbocycles. The van der Waals surface area contributed by atoms with E-state index in [9.17, 15) is 4.79 Å². The average Bonchev–Trinajstić information content (AvgIpc) is 2.73. The van der Waals surface area contributed by atoms with E-state index in [0.29, 0.717) is 17.2 Å². The summed E-state index contributed by atoms with van der Waals surface area (Å²) in [5.74, 6) is 1.28. The number of rotatable bonds is 6. The van der Waals surface area contributed by atoms with Gasteiger partial charge < -0.3 is 24.4 Å². The van der Waals surface area contributed by atoms with Gasteiger partial charge in [-0.1, -0.05) is 0 Å². The van der Waals surface area contributed by atoms with Crippen molar-refractivity contribution in [3.8, 4) is 11.5 Å². The molecule has 0 bridgehead atoms. The molecule has 2 heterocycles. The zero-order valence-electron chi connectivity index (χ0n) is 16.3. The molecule has 0 spiro atoms. The molecule has 0 atom stereocenters. The van der Waals surface area contributed by atoms with Crippen LogP contribution in [0.25, 0.3) is 0 Å². The first-order chi connectivity index (χ1) is 13.2. The lowest BCUT2D eigenvalue weighted by molar-refractivity contribution is 0.0311. The number of benzene rings is 1. The number of methoxy groups -OCH3 is 2. The van der Waals surface area contributed by atoms with Crippen LogP contribution in [0.15, 0.2) is 18.2 Å². The van der Waals surface area contributed by atoms with E-state index in [0.717, 1.165) is 65.6 Å². The third kappa shape index (κ3) is 5.47. The van der Waals surface area contributed by atoms with Crippen molar-refractivity contribution in [3.05, 3.63) is 18.2 Å². The summed E-state index contributed by atoms with van der Waals surface area (Å²) in [6, 6.07) is 5.28. The van der Waals surface area contributed by atoms with Crippen molar-refractivity contribution in [2.45, 2.75) is 0 Å². The van der Waals surface area contributed by atoms with Crippen molar-refractivity contribution >= 4 is 11.7 Å². The van der Waals surface area contributed by atoms with Gasteiger partial charge in [-0.25, -0.2) is 4.79 Å². The van der Waals surface area contributed by atoms with Crippen LogP contribution in [0.3, 0.4) is 0 Å². The molecule has 2 aliphatic rings. The number of urea groups is 1.